The Morgan fingerprint density at radius 1 is 0.957 bits per heavy atom. The van der Waals surface area contributed by atoms with E-state index in [2.05, 4.69) is 90.7 Å². The second-order valence-electron chi connectivity index (χ2n) is 12.6. The van der Waals surface area contributed by atoms with E-state index in [0.717, 1.165) is 95.4 Å². The summed E-state index contributed by atoms with van der Waals surface area (Å²) in [6, 6.07) is 8.93. The lowest BCUT2D eigenvalue weighted by molar-refractivity contribution is -0.0645. The number of aromatic nitrogens is 4. The number of anilines is 4. The van der Waals surface area contributed by atoms with E-state index in [-0.39, 0.29) is 5.60 Å². The molecule has 244 valence electrons. The third-order valence-electron chi connectivity index (χ3n) is 9.55. The molecule has 2 N–H and O–H groups in total. The summed E-state index contributed by atoms with van der Waals surface area (Å²) in [4.78, 5) is 23.7. The maximum atomic E-state index is 6.35. The summed E-state index contributed by atoms with van der Waals surface area (Å²) < 4.78 is 13.0. The molecule has 0 bridgehead atoms. The summed E-state index contributed by atoms with van der Waals surface area (Å²) in [5.41, 5.74) is 5.57. The van der Waals surface area contributed by atoms with Gasteiger partial charge >= 0.3 is 0 Å². The van der Waals surface area contributed by atoms with Crippen LogP contribution in [0.2, 0.25) is 0 Å². The number of rotatable bonds is 9. The number of aryl methyl sites for hydroxylation is 1. The summed E-state index contributed by atoms with van der Waals surface area (Å²) in [5, 5.41) is 8.10. The standard InChI is InChI=1S/C34H44BrN8O2P/c1-22-19-28(29(44-3)20-24(22)34(45-4)11-9-23(10-12-34)43-17-15-42(2)16-18-43)40-33-38-21-25(35)32(41-33)39-27-8-7-26-30(31(27)46(5)6)37-14-13-36-26/h7-8,13-14,19-21,23H,9-12,15-18H2,1-6H3,(H2,38,39,40,41). The van der Waals surface area contributed by atoms with Crippen LogP contribution in [-0.2, 0) is 10.3 Å². The van der Waals surface area contributed by atoms with E-state index < -0.39 is 7.92 Å². The van der Waals surface area contributed by atoms with E-state index >= 15 is 0 Å². The number of halogens is 1. The molecule has 6 rings (SSSR count). The Balaban J connectivity index is 1.23. The maximum absolute atomic E-state index is 6.35. The average Bonchev–Trinajstić information content (AvgIpc) is 3.06. The van der Waals surface area contributed by atoms with Crippen LogP contribution in [0.25, 0.3) is 11.0 Å². The van der Waals surface area contributed by atoms with Gasteiger partial charge in [0, 0.05) is 68.9 Å². The second-order valence-corrected chi connectivity index (χ2v) is 15.6. The van der Waals surface area contributed by atoms with Crippen molar-refractivity contribution in [2.45, 2.75) is 44.2 Å². The van der Waals surface area contributed by atoms with E-state index in [1.165, 1.54) is 5.56 Å². The molecule has 0 amide bonds. The van der Waals surface area contributed by atoms with Crippen LogP contribution in [0, 0.1) is 6.92 Å². The Morgan fingerprint density at radius 3 is 2.39 bits per heavy atom. The highest BCUT2D eigenvalue weighted by Crippen LogP contribution is 2.45. The zero-order valence-electron chi connectivity index (χ0n) is 27.6. The van der Waals surface area contributed by atoms with Crippen molar-refractivity contribution in [3.8, 4) is 5.75 Å². The third-order valence-corrected chi connectivity index (χ3v) is 11.5. The largest absolute Gasteiger partial charge is 0.495 e. The van der Waals surface area contributed by atoms with Crippen molar-refractivity contribution in [2.24, 2.45) is 0 Å². The fourth-order valence-electron chi connectivity index (χ4n) is 6.99. The van der Waals surface area contributed by atoms with Gasteiger partial charge in [-0.1, -0.05) is 7.92 Å². The molecule has 0 atom stereocenters. The van der Waals surface area contributed by atoms with Crippen LogP contribution in [0.15, 0.2) is 47.3 Å². The highest BCUT2D eigenvalue weighted by atomic mass is 79.9. The smallest absolute Gasteiger partial charge is 0.229 e. The average molecular weight is 708 g/mol. The molecule has 1 saturated carbocycles. The Labute approximate surface area is 281 Å². The molecule has 1 aliphatic carbocycles. The van der Waals surface area contributed by atoms with Gasteiger partial charge in [0.25, 0.3) is 0 Å². The number of benzene rings is 2. The molecule has 3 heterocycles. The van der Waals surface area contributed by atoms with Crippen molar-refractivity contribution in [2.75, 3.05) is 71.4 Å². The Bertz CT molecular complexity index is 1690. The van der Waals surface area contributed by atoms with Crippen LogP contribution in [-0.4, -0.2) is 96.6 Å². The van der Waals surface area contributed by atoms with Gasteiger partial charge in [0.05, 0.1) is 33.9 Å². The normalized spacial score (nSPS) is 21.1. The Hall–Kier alpha value is -2.95. The van der Waals surface area contributed by atoms with E-state index in [4.69, 9.17) is 14.5 Å². The van der Waals surface area contributed by atoms with Gasteiger partial charge < -0.3 is 25.0 Å². The molecule has 2 aromatic heterocycles. The Kier molecular flexibility index (Phi) is 10.1. The highest BCUT2D eigenvalue weighted by Gasteiger charge is 2.40. The van der Waals surface area contributed by atoms with Gasteiger partial charge in [0.1, 0.15) is 11.6 Å². The predicted molar refractivity (Wildman–Crippen MR) is 192 cm³/mol. The number of nitrogens with zero attached hydrogens (tertiary/aromatic N) is 6. The minimum atomic E-state index is -0.473. The lowest BCUT2D eigenvalue weighted by atomic mass is 9.75. The number of likely N-dealkylation sites (N-methyl/N-ethyl adjacent to an activating group) is 1. The van der Waals surface area contributed by atoms with Crippen molar-refractivity contribution >= 4 is 63.3 Å². The first kappa shape index (κ1) is 33.0. The molecule has 12 heteroatoms. The fourth-order valence-corrected chi connectivity index (χ4v) is 8.49. The molecule has 0 radical (unpaired) electrons. The second kappa shape index (κ2) is 14.0. The number of piperazine rings is 1. The molecule has 0 spiro atoms. The number of nitrogens with one attached hydrogen (secondary N) is 2. The molecule has 2 aliphatic rings. The van der Waals surface area contributed by atoms with Gasteiger partial charge in [-0.3, -0.25) is 14.9 Å². The van der Waals surface area contributed by atoms with Crippen LogP contribution < -0.4 is 20.7 Å². The monoisotopic (exact) mass is 706 g/mol. The predicted octanol–water partition coefficient (Wildman–Crippen LogP) is 6.39. The lowest BCUT2D eigenvalue weighted by Crippen LogP contribution is -2.51. The van der Waals surface area contributed by atoms with Crippen molar-refractivity contribution in [3.05, 3.63) is 58.5 Å². The van der Waals surface area contributed by atoms with E-state index in [9.17, 15) is 0 Å². The molecule has 0 unspecified atom stereocenters. The van der Waals surface area contributed by atoms with Gasteiger partial charge in [0.2, 0.25) is 5.95 Å². The zero-order valence-corrected chi connectivity index (χ0v) is 30.1. The van der Waals surface area contributed by atoms with Crippen molar-refractivity contribution < 1.29 is 9.47 Å². The topological polar surface area (TPSA) is 101 Å². The van der Waals surface area contributed by atoms with Gasteiger partial charge in [0.15, 0.2) is 0 Å². The molecular formula is C34H44BrN8O2P. The molecule has 1 saturated heterocycles. The molecule has 2 fully saturated rings. The molecule has 2 aromatic carbocycles. The van der Waals surface area contributed by atoms with Crippen LogP contribution in [0.4, 0.5) is 23.1 Å². The number of methoxy groups -OCH3 is 2. The van der Waals surface area contributed by atoms with E-state index in [1.807, 2.05) is 19.2 Å². The van der Waals surface area contributed by atoms with Crippen LogP contribution in [0.1, 0.15) is 36.8 Å². The van der Waals surface area contributed by atoms with E-state index in [1.54, 1.807) is 25.7 Å². The van der Waals surface area contributed by atoms with Crippen molar-refractivity contribution in [3.63, 3.8) is 0 Å². The van der Waals surface area contributed by atoms with Gasteiger partial charge in [-0.25, -0.2) is 4.98 Å². The van der Waals surface area contributed by atoms with Crippen LogP contribution in [0.3, 0.4) is 0 Å². The molecular weight excluding hydrogens is 663 g/mol. The number of fused-ring (bicyclic) bond motifs is 1. The SMILES string of the molecule is COc1cc(C2(OC)CCC(N3CCN(C)CC3)CC2)c(C)cc1Nc1ncc(Br)c(Nc2ccc3nccnc3c2P(C)C)n1. The summed E-state index contributed by atoms with van der Waals surface area (Å²) in [6.07, 6.45) is 9.46. The first-order valence-electron chi connectivity index (χ1n) is 15.9. The third kappa shape index (κ3) is 6.71. The summed E-state index contributed by atoms with van der Waals surface area (Å²) in [5.74, 6) is 1.85. The minimum Gasteiger partial charge on any atom is -0.495 e. The summed E-state index contributed by atoms with van der Waals surface area (Å²) >= 11 is 3.64. The summed E-state index contributed by atoms with van der Waals surface area (Å²) in [6.45, 7) is 11.2. The van der Waals surface area contributed by atoms with Gasteiger partial charge in [-0.05, 0) is 104 Å². The fraction of sp³-hybridized carbons (Fsp3) is 0.471. The molecule has 1 aliphatic heterocycles. The van der Waals surface area contributed by atoms with Crippen LogP contribution in [0.5, 0.6) is 5.75 Å². The first-order chi connectivity index (χ1) is 22.2. The quantitative estimate of drug-likeness (QED) is 0.191. The van der Waals surface area contributed by atoms with Crippen LogP contribution >= 0.6 is 23.9 Å². The lowest BCUT2D eigenvalue weighted by Gasteiger charge is -2.45. The molecule has 4 aromatic rings. The highest BCUT2D eigenvalue weighted by molar-refractivity contribution is 9.10. The van der Waals surface area contributed by atoms with Gasteiger partial charge in [-0.15, -0.1) is 0 Å². The van der Waals surface area contributed by atoms with Crippen molar-refractivity contribution in [1.82, 2.24) is 29.7 Å². The Morgan fingerprint density at radius 2 is 1.70 bits per heavy atom. The van der Waals surface area contributed by atoms with Gasteiger partial charge in [-0.2, -0.15) is 4.98 Å². The molecule has 10 nitrogen and oxygen atoms in total. The van der Waals surface area contributed by atoms with E-state index in [0.29, 0.717) is 17.8 Å². The number of hydrogen-bond acceptors (Lipinski definition) is 10. The first-order valence-corrected chi connectivity index (χ1v) is 18.9. The minimum absolute atomic E-state index is 0.329. The van der Waals surface area contributed by atoms with Crippen molar-refractivity contribution in [1.29, 1.82) is 0 Å². The number of hydrogen-bond donors (Lipinski definition) is 2. The zero-order chi connectivity index (χ0) is 32.4. The maximum Gasteiger partial charge on any atom is 0.229 e. The molecule has 46 heavy (non-hydrogen) atoms. The summed E-state index contributed by atoms with van der Waals surface area (Å²) in [7, 11) is 5.30. The number of ether oxygens (including phenoxy) is 2.